The van der Waals surface area contributed by atoms with Crippen molar-refractivity contribution in [2.24, 2.45) is 0 Å². The minimum Gasteiger partial charge on any atom is -0.493 e. The molecule has 3 heterocycles. The number of para-hydroxylation sites is 2. The molecule has 252 valence electrons. The normalized spacial score (nSPS) is 14.2. The Bertz CT molecular complexity index is 1900. The van der Waals surface area contributed by atoms with Gasteiger partial charge in [-0.3, -0.25) is 5.32 Å². The number of amides is 2. The third-order valence-electron chi connectivity index (χ3n) is 7.63. The van der Waals surface area contributed by atoms with E-state index in [1.807, 2.05) is 24.3 Å². The zero-order chi connectivity index (χ0) is 33.7. The molecule has 3 N–H and O–H groups in total. The zero-order valence-corrected chi connectivity index (χ0v) is 27.0. The van der Waals surface area contributed by atoms with Gasteiger partial charge in [-0.05, 0) is 49.9 Å². The number of methoxy groups -OCH3 is 1. The Hall–Kier alpha value is -4.93. The van der Waals surface area contributed by atoms with E-state index in [4.69, 9.17) is 9.47 Å². The van der Waals surface area contributed by atoms with Crippen LogP contribution in [0.15, 0.2) is 60.9 Å². The van der Waals surface area contributed by atoms with Gasteiger partial charge in [-0.1, -0.05) is 23.5 Å². The van der Waals surface area contributed by atoms with Crippen LogP contribution in [0, 0.1) is 0 Å². The van der Waals surface area contributed by atoms with Crippen LogP contribution < -0.4 is 30.2 Å². The molecular weight excluding hydrogens is 649 g/mol. The Labute approximate surface area is 277 Å². The number of halogens is 3. The van der Waals surface area contributed by atoms with Crippen LogP contribution >= 0.6 is 11.3 Å². The van der Waals surface area contributed by atoms with Gasteiger partial charge in [0.25, 0.3) is 0 Å². The fourth-order valence-corrected chi connectivity index (χ4v) is 6.10. The third-order valence-corrected chi connectivity index (χ3v) is 8.56. The number of fused-ring (bicyclic) bond motifs is 2. The van der Waals surface area contributed by atoms with Gasteiger partial charge in [0.1, 0.15) is 12.1 Å². The Morgan fingerprint density at radius 3 is 2.56 bits per heavy atom. The lowest BCUT2D eigenvalue weighted by Gasteiger charge is -2.32. The van der Waals surface area contributed by atoms with Gasteiger partial charge in [0.15, 0.2) is 22.4 Å². The Kier molecular flexibility index (Phi) is 9.93. The molecule has 0 bridgehead atoms. The number of nitrogens with one attached hydrogen (secondary N) is 3. The molecule has 1 aliphatic rings. The lowest BCUT2D eigenvalue weighted by Crippen LogP contribution is -2.44. The molecule has 2 amide bonds. The van der Waals surface area contributed by atoms with Crippen molar-refractivity contribution in [2.75, 3.05) is 69.4 Å². The van der Waals surface area contributed by atoms with Crippen molar-refractivity contribution in [3.05, 3.63) is 60.9 Å². The van der Waals surface area contributed by atoms with Crippen LogP contribution in [0.5, 0.6) is 17.2 Å². The monoisotopic (exact) mass is 682 g/mol. The van der Waals surface area contributed by atoms with Crippen LogP contribution in [0.1, 0.15) is 6.42 Å². The topological polar surface area (TPSA) is 126 Å². The number of urea groups is 1. The minimum atomic E-state index is -4.90. The number of aromatic nitrogens is 3. The van der Waals surface area contributed by atoms with Gasteiger partial charge in [-0.25, -0.2) is 19.7 Å². The van der Waals surface area contributed by atoms with E-state index in [-0.39, 0.29) is 10.8 Å². The zero-order valence-electron chi connectivity index (χ0n) is 26.1. The van der Waals surface area contributed by atoms with E-state index >= 15 is 0 Å². The van der Waals surface area contributed by atoms with Crippen LogP contribution in [0.25, 0.3) is 21.1 Å². The van der Waals surface area contributed by atoms with Gasteiger partial charge in [0, 0.05) is 49.9 Å². The van der Waals surface area contributed by atoms with Gasteiger partial charge in [0.05, 0.1) is 35.1 Å². The fourth-order valence-electron chi connectivity index (χ4n) is 5.20. The maximum atomic E-state index is 12.7. The SMILES string of the molecule is COc1cc2c(Nc3ccc4nc(NC(=O)Nc5ccccc5OC(F)(F)F)sc4c3)ncnc2cc1OCCCN1CCN(C)CC1. The highest BCUT2D eigenvalue weighted by Gasteiger charge is 2.32. The molecule has 12 nitrogen and oxygen atoms in total. The predicted molar refractivity (Wildman–Crippen MR) is 179 cm³/mol. The van der Waals surface area contributed by atoms with E-state index in [9.17, 15) is 18.0 Å². The highest BCUT2D eigenvalue weighted by Crippen LogP contribution is 2.36. The third kappa shape index (κ3) is 8.31. The summed E-state index contributed by atoms with van der Waals surface area (Å²) in [5, 5.41) is 9.25. The first-order valence-corrected chi connectivity index (χ1v) is 15.9. The largest absolute Gasteiger partial charge is 0.573 e. The molecule has 1 saturated heterocycles. The van der Waals surface area contributed by atoms with Gasteiger partial charge < -0.3 is 34.6 Å². The predicted octanol–water partition coefficient (Wildman–Crippen LogP) is 6.55. The average molecular weight is 683 g/mol. The highest BCUT2D eigenvalue weighted by molar-refractivity contribution is 7.22. The van der Waals surface area contributed by atoms with Gasteiger partial charge in [0.2, 0.25) is 0 Å². The van der Waals surface area contributed by atoms with E-state index in [1.54, 1.807) is 13.2 Å². The van der Waals surface area contributed by atoms with Crippen LogP contribution in [0.3, 0.4) is 0 Å². The molecule has 48 heavy (non-hydrogen) atoms. The van der Waals surface area contributed by atoms with E-state index in [2.05, 4.69) is 52.5 Å². The molecule has 1 aliphatic heterocycles. The number of carbonyl (C=O) groups is 1. The second-order valence-corrected chi connectivity index (χ2v) is 12.1. The molecule has 0 saturated carbocycles. The summed E-state index contributed by atoms with van der Waals surface area (Å²) in [4.78, 5) is 30.7. The van der Waals surface area contributed by atoms with Crippen LogP contribution in [0.4, 0.5) is 40.3 Å². The lowest BCUT2D eigenvalue weighted by atomic mass is 10.2. The number of ether oxygens (including phenoxy) is 3. The van der Waals surface area contributed by atoms with Crippen molar-refractivity contribution < 1.29 is 32.2 Å². The van der Waals surface area contributed by atoms with E-state index in [1.165, 1.54) is 35.9 Å². The van der Waals surface area contributed by atoms with Crippen LogP contribution in [-0.4, -0.2) is 90.6 Å². The fraction of sp³-hybridized carbons (Fsp3) is 0.312. The Balaban J connectivity index is 1.11. The summed E-state index contributed by atoms with van der Waals surface area (Å²) >= 11 is 1.20. The van der Waals surface area contributed by atoms with Crippen molar-refractivity contribution in [3.8, 4) is 17.2 Å². The average Bonchev–Trinajstić information content (AvgIpc) is 3.45. The standard InChI is InChI=1S/C32H33F3N8O4S/c1-42-11-13-43(14-12-42)10-5-15-46-27-18-24-21(17-26(27)45-2)29(37-19-36-24)38-20-8-9-23-28(16-20)48-31(40-23)41-30(44)39-22-6-3-4-7-25(22)47-32(33,34)35/h3-4,6-9,16-19H,5,10-15H2,1-2H3,(H,36,37,38)(H2,39,40,41,44). The first-order valence-electron chi connectivity index (χ1n) is 15.1. The lowest BCUT2D eigenvalue weighted by molar-refractivity contribution is -0.274. The molecule has 16 heteroatoms. The molecular formula is C32H33F3N8O4S. The number of anilines is 4. The van der Waals surface area contributed by atoms with Crippen molar-refractivity contribution in [1.82, 2.24) is 24.8 Å². The van der Waals surface area contributed by atoms with Crippen molar-refractivity contribution in [3.63, 3.8) is 0 Å². The van der Waals surface area contributed by atoms with Crippen molar-refractivity contribution in [2.45, 2.75) is 12.8 Å². The van der Waals surface area contributed by atoms with E-state index < -0.39 is 18.1 Å². The molecule has 2 aromatic heterocycles. The number of nitrogens with zero attached hydrogens (tertiary/aromatic N) is 5. The van der Waals surface area contributed by atoms with Gasteiger partial charge in [-0.2, -0.15) is 0 Å². The molecule has 3 aromatic carbocycles. The Morgan fingerprint density at radius 1 is 0.958 bits per heavy atom. The van der Waals surface area contributed by atoms with Crippen LogP contribution in [-0.2, 0) is 0 Å². The number of carbonyl (C=O) groups excluding carboxylic acids is 1. The second-order valence-electron chi connectivity index (χ2n) is 11.0. The summed E-state index contributed by atoms with van der Waals surface area (Å²) in [6.07, 6.45) is -2.54. The second kappa shape index (κ2) is 14.5. The van der Waals surface area contributed by atoms with Crippen molar-refractivity contribution >= 4 is 60.8 Å². The number of hydrogen-bond acceptors (Lipinski definition) is 11. The van der Waals surface area contributed by atoms with E-state index in [0.717, 1.165) is 55.3 Å². The molecule has 6 rings (SSSR count). The summed E-state index contributed by atoms with van der Waals surface area (Å²) in [5.74, 6) is 1.20. The minimum absolute atomic E-state index is 0.145. The summed E-state index contributed by atoms with van der Waals surface area (Å²) in [5.41, 5.74) is 1.86. The number of benzene rings is 3. The highest BCUT2D eigenvalue weighted by atomic mass is 32.1. The molecule has 0 unspecified atom stereocenters. The summed E-state index contributed by atoms with van der Waals surface area (Å²) in [6, 6.07) is 13.6. The molecule has 5 aromatic rings. The molecule has 0 atom stereocenters. The smallest absolute Gasteiger partial charge is 0.493 e. The number of piperazine rings is 1. The summed E-state index contributed by atoms with van der Waals surface area (Å²) in [7, 11) is 3.74. The molecule has 0 radical (unpaired) electrons. The van der Waals surface area contributed by atoms with Gasteiger partial charge >= 0.3 is 12.4 Å². The summed E-state index contributed by atoms with van der Waals surface area (Å²) < 4.78 is 54.7. The van der Waals surface area contributed by atoms with Gasteiger partial charge in [-0.15, -0.1) is 13.2 Å². The van der Waals surface area contributed by atoms with E-state index in [0.29, 0.717) is 40.6 Å². The number of hydrogen-bond donors (Lipinski definition) is 3. The van der Waals surface area contributed by atoms with Crippen molar-refractivity contribution in [1.29, 1.82) is 0 Å². The molecule has 0 spiro atoms. The first-order chi connectivity index (χ1) is 23.1. The maximum Gasteiger partial charge on any atom is 0.573 e. The summed E-state index contributed by atoms with van der Waals surface area (Å²) in [6.45, 7) is 5.82. The number of thiazole rings is 1. The quantitative estimate of drug-likeness (QED) is 0.132. The molecule has 0 aliphatic carbocycles. The van der Waals surface area contributed by atoms with Crippen LogP contribution in [0.2, 0.25) is 0 Å². The number of rotatable bonds is 11. The number of alkyl halides is 3. The maximum absolute atomic E-state index is 12.7. The first kappa shape index (κ1) is 33.0. The molecule has 1 fully saturated rings. The Morgan fingerprint density at radius 2 is 1.77 bits per heavy atom. The number of likely N-dealkylation sites (N-methyl/N-ethyl adjacent to an activating group) is 1.